The van der Waals surface area contributed by atoms with Crippen molar-refractivity contribution in [2.45, 2.75) is 45.4 Å². The van der Waals surface area contributed by atoms with E-state index in [0.29, 0.717) is 29.1 Å². The Balaban J connectivity index is 1.00. The third-order valence-corrected chi connectivity index (χ3v) is 14.6. The summed E-state index contributed by atoms with van der Waals surface area (Å²) in [4.78, 5) is 15.1. The number of rotatable bonds is 6. The Hall–Kier alpha value is -7.70. The molecule has 1 aliphatic carbocycles. The summed E-state index contributed by atoms with van der Waals surface area (Å²) in [6.07, 6.45) is 0. The third-order valence-electron chi connectivity index (χ3n) is 14.6. The summed E-state index contributed by atoms with van der Waals surface area (Å²) in [6.45, 7) is 12.0. The van der Waals surface area contributed by atoms with E-state index >= 15 is 0 Å². The van der Waals surface area contributed by atoms with E-state index in [1.807, 2.05) is 30.3 Å². The molecule has 65 heavy (non-hydrogen) atoms. The summed E-state index contributed by atoms with van der Waals surface area (Å²) in [7, 11) is 0. The van der Waals surface area contributed by atoms with Crippen molar-refractivity contribution in [3.63, 3.8) is 0 Å². The second-order valence-corrected chi connectivity index (χ2v) is 18.8. The van der Waals surface area contributed by atoms with Crippen molar-refractivity contribution in [1.82, 2.24) is 24.1 Å². The second-order valence-electron chi connectivity index (χ2n) is 18.8. The Labute approximate surface area is 377 Å². The quantitative estimate of drug-likeness (QED) is 0.168. The zero-order chi connectivity index (χ0) is 44.2. The standard InChI is InChI=1S/C59H46FN5/c1-36-58(2,3)49-22-14-21-44(54(49)59(36,4)5)41-18-13-17-40(33-41)37-27-31-43(32-28-37)64-50-23-11-9-19-45(50)47-35-53-48(34-52(47)64)46-20-10-12-24-51(46)65(53)57-62-55(38-15-7-6-8-16-38)61-56(63-57)39-25-29-42(60)30-26-39/h6-36H,1-5H3. The average Bonchev–Trinajstić information content (AvgIpc) is 3.89. The third kappa shape index (κ3) is 6.00. The Kier molecular flexibility index (Phi) is 8.63. The van der Waals surface area contributed by atoms with Gasteiger partial charge in [0.2, 0.25) is 5.95 Å². The molecular formula is C59H46FN5. The van der Waals surface area contributed by atoms with Crippen LogP contribution in [0.1, 0.15) is 45.7 Å². The summed E-state index contributed by atoms with van der Waals surface area (Å²) in [5, 5.41) is 4.46. The number of hydrogen-bond acceptors (Lipinski definition) is 3. The normalized spacial score (nSPS) is 15.3. The van der Waals surface area contributed by atoms with Gasteiger partial charge in [-0.2, -0.15) is 9.97 Å². The summed E-state index contributed by atoms with van der Waals surface area (Å²) in [6, 6.07) is 62.9. The van der Waals surface area contributed by atoms with Gasteiger partial charge in [0.25, 0.3) is 0 Å². The van der Waals surface area contributed by atoms with Gasteiger partial charge in [0, 0.05) is 38.4 Å². The minimum absolute atomic E-state index is 0.0588. The Bertz CT molecular complexity index is 3670. The molecule has 0 aliphatic heterocycles. The predicted molar refractivity (Wildman–Crippen MR) is 265 cm³/mol. The van der Waals surface area contributed by atoms with E-state index in [9.17, 15) is 4.39 Å². The monoisotopic (exact) mass is 843 g/mol. The zero-order valence-corrected chi connectivity index (χ0v) is 37.0. The first kappa shape index (κ1) is 38.9. The molecule has 0 fully saturated rings. The number of fused-ring (bicyclic) bond motifs is 7. The summed E-state index contributed by atoms with van der Waals surface area (Å²) in [5.41, 5.74) is 14.9. The second kappa shape index (κ2) is 14.4. The lowest BCUT2D eigenvalue weighted by molar-refractivity contribution is 0.264. The van der Waals surface area contributed by atoms with Crippen molar-refractivity contribution in [3.05, 3.63) is 199 Å². The van der Waals surface area contributed by atoms with Crippen LogP contribution >= 0.6 is 0 Å². The van der Waals surface area contributed by atoms with E-state index in [1.54, 1.807) is 12.1 Å². The Morgan fingerprint density at radius 1 is 0.431 bits per heavy atom. The summed E-state index contributed by atoms with van der Waals surface area (Å²) >= 11 is 0. The fourth-order valence-electron chi connectivity index (χ4n) is 10.9. The van der Waals surface area contributed by atoms with Crippen LogP contribution in [-0.2, 0) is 10.8 Å². The van der Waals surface area contributed by atoms with E-state index in [2.05, 4.69) is 171 Å². The molecule has 1 atom stereocenters. The molecule has 0 radical (unpaired) electrons. The summed E-state index contributed by atoms with van der Waals surface area (Å²) in [5.74, 6) is 1.71. The minimum atomic E-state index is -0.313. The first-order chi connectivity index (χ1) is 31.6. The minimum Gasteiger partial charge on any atom is -0.309 e. The fourth-order valence-corrected chi connectivity index (χ4v) is 10.9. The fraction of sp³-hybridized carbons (Fsp3) is 0.136. The molecule has 314 valence electrons. The maximum atomic E-state index is 14.1. The number of hydrogen-bond donors (Lipinski definition) is 0. The number of benzene rings is 8. The van der Waals surface area contributed by atoms with Crippen molar-refractivity contribution in [2.75, 3.05) is 0 Å². The van der Waals surface area contributed by atoms with Gasteiger partial charge in [-0.25, -0.2) is 9.37 Å². The van der Waals surface area contributed by atoms with E-state index in [-0.39, 0.29) is 16.6 Å². The van der Waals surface area contributed by atoms with Gasteiger partial charge in [-0.05, 0) is 117 Å². The van der Waals surface area contributed by atoms with Crippen molar-refractivity contribution in [1.29, 1.82) is 0 Å². The maximum Gasteiger partial charge on any atom is 0.238 e. The molecule has 0 bridgehead atoms. The van der Waals surface area contributed by atoms with E-state index in [0.717, 1.165) is 54.9 Å². The Morgan fingerprint density at radius 3 is 1.65 bits per heavy atom. The van der Waals surface area contributed by atoms with Crippen LogP contribution < -0.4 is 0 Å². The van der Waals surface area contributed by atoms with Crippen LogP contribution in [0.5, 0.6) is 0 Å². The number of para-hydroxylation sites is 2. The zero-order valence-electron chi connectivity index (χ0n) is 37.0. The largest absolute Gasteiger partial charge is 0.309 e. The molecule has 1 unspecified atom stereocenters. The molecule has 0 spiro atoms. The molecule has 0 N–H and O–H groups in total. The molecule has 5 nitrogen and oxygen atoms in total. The lowest BCUT2D eigenvalue weighted by Gasteiger charge is -2.33. The van der Waals surface area contributed by atoms with Crippen molar-refractivity contribution < 1.29 is 4.39 Å². The van der Waals surface area contributed by atoms with Crippen LogP contribution in [0.3, 0.4) is 0 Å². The lowest BCUT2D eigenvalue weighted by Crippen LogP contribution is -2.31. The number of halogens is 1. The van der Waals surface area contributed by atoms with E-state index in [1.165, 1.54) is 45.5 Å². The smallest absolute Gasteiger partial charge is 0.238 e. The molecule has 8 aromatic carbocycles. The molecule has 6 heteroatoms. The molecule has 0 saturated carbocycles. The predicted octanol–water partition coefficient (Wildman–Crippen LogP) is 15.1. The van der Waals surface area contributed by atoms with Crippen molar-refractivity contribution >= 4 is 43.6 Å². The van der Waals surface area contributed by atoms with Gasteiger partial charge < -0.3 is 4.57 Å². The molecule has 11 aromatic rings. The van der Waals surface area contributed by atoms with Crippen LogP contribution in [0.15, 0.2) is 182 Å². The molecule has 3 aromatic heterocycles. The highest BCUT2D eigenvalue weighted by atomic mass is 19.1. The number of nitrogens with zero attached hydrogens (tertiary/aromatic N) is 5. The SMILES string of the molecule is CC1C(C)(C)c2cccc(-c3cccc(-c4ccc(-n5c6ccccc6c6cc7c(cc65)c5ccccc5n7-c5nc(-c6ccccc6)nc(-c6ccc(F)cc6)n5)cc4)c3)c2C1(C)C. The first-order valence-corrected chi connectivity index (χ1v) is 22.5. The van der Waals surface area contributed by atoms with Crippen LogP contribution in [0.2, 0.25) is 0 Å². The van der Waals surface area contributed by atoms with Gasteiger partial charge in [-0.1, -0.05) is 150 Å². The molecule has 12 rings (SSSR count). The summed E-state index contributed by atoms with van der Waals surface area (Å²) < 4.78 is 18.7. The lowest BCUT2D eigenvalue weighted by atomic mass is 9.71. The highest BCUT2D eigenvalue weighted by Crippen LogP contribution is 2.56. The van der Waals surface area contributed by atoms with E-state index < -0.39 is 0 Å². The van der Waals surface area contributed by atoms with Crippen LogP contribution in [0.4, 0.5) is 4.39 Å². The van der Waals surface area contributed by atoms with Gasteiger partial charge in [0.15, 0.2) is 11.6 Å². The van der Waals surface area contributed by atoms with Crippen molar-refractivity contribution in [2.24, 2.45) is 5.92 Å². The molecule has 1 aliphatic rings. The van der Waals surface area contributed by atoms with Gasteiger partial charge in [-0.15, -0.1) is 0 Å². The molecule has 3 heterocycles. The van der Waals surface area contributed by atoms with Crippen LogP contribution in [0, 0.1) is 11.7 Å². The average molecular weight is 844 g/mol. The van der Waals surface area contributed by atoms with Crippen molar-refractivity contribution in [3.8, 4) is 56.7 Å². The molecule has 0 saturated heterocycles. The molecule has 0 amide bonds. The van der Waals surface area contributed by atoms with Gasteiger partial charge in [0.1, 0.15) is 5.82 Å². The Morgan fingerprint density at radius 2 is 0.969 bits per heavy atom. The van der Waals surface area contributed by atoms with Gasteiger partial charge >= 0.3 is 0 Å². The van der Waals surface area contributed by atoms with Gasteiger partial charge in [0.05, 0.1) is 22.1 Å². The highest BCUT2D eigenvalue weighted by molar-refractivity contribution is 6.19. The molecular weight excluding hydrogens is 798 g/mol. The number of aromatic nitrogens is 5. The maximum absolute atomic E-state index is 14.1. The topological polar surface area (TPSA) is 48.5 Å². The van der Waals surface area contributed by atoms with Crippen LogP contribution in [0.25, 0.3) is 100 Å². The van der Waals surface area contributed by atoms with Gasteiger partial charge in [-0.3, -0.25) is 4.57 Å². The first-order valence-electron chi connectivity index (χ1n) is 22.5. The van der Waals surface area contributed by atoms with E-state index in [4.69, 9.17) is 15.0 Å². The van der Waals surface area contributed by atoms with Crippen LogP contribution in [-0.4, -0.2) is 24.1 Å². The highest BCUT2D eigenvalue weighted by Gasteiger charge is 2.49.